The summed E-state index contributed by atoms with van der Waals surface area (Å²) < 4.78 is 0. The van der Waals surface area contributed by atoms with Gasteiger partial charge in [-0.1, -0.05) is 13.3 Å². The minimum absolute atomic E-state index is 0.0450. The van der Waals surface area contributed by atoms with Crippen LogP contribution >= 0.6 is 11.3 Å². The second-order valence-corrected chi connectivity index (χ2v) is 6.26. The number of anilines is 1. The predicted octanol–water partition coefficient (Wildman–Crippen LogP) is 2.54. The Morgan fingerprint density at radius 1 is 1.60 bits per heavy atom. The van der Waals surface area contributed by atoms with Gasteiger partial charge in [0.15, 0.2) is 0 Å². The summed E-state index contributed by atoms with van der Waals surface area (Å²) in [5.41, 5.74) is 6.65. The van der Waals surface area contributed by atoms with Gasteiger partial charge in [0, 0.05) is 18.5 Å². The van der Waals surface area contributed by atoms with E-state index in [0.717, 1.165) is 36.1 Å². The molecule has 1 aliphatic rings. The van der Waals surface area contributed by atoms with E-state index in [1.54, 1.807) is 6.20 Å². The molecule has 5 nitrogen and oxygen atoms in total. The lowest BCUT2D eigenvalue weighted by Gasteiger charge is -2.32. The van der Waals surface area contributed by atoms with Crippen LogP contribution in [0, 0.1) is 5.92 Å². The van der Waals surface area contributed by atoms with Crippen molar-refractivity contribution >= 4 is 33.1 Å². The van der Waals surface area contributed by atoms with Gasteiger partial charge in [-0.3, -0.25) is 4.79 Å². The van der Waals surface area contributed by atoms with Crippen molar-refractivity contribution in [1.82, 2.24) is 15.1 Å². The monoisotopic (exact) mass is 290 g/mol. The smallest absolute Gasteiger partial charge is 0.266 e. The van der Waals surface area contributed by atoms with E-state index >= 15 is 0 Å². The van der Waals surface area contributed by atoms with Crippen molar-refractivity contribution in [3.05, 3.63) is 17.1 Å². The van der Waals surface area contributed by atoms with E-state index in [0.29, 0.717) is 16.5 Å². The second-order valence-electron chi connectivity index (χ2n) is 5.26. The van der Waals surface area contributed by atoms with Crippen LogP contribution in [0.4, 0.5) is 5.69 Å². The number of carbonyl (C=O) groups is 1. The number of thiophene rings is 1. The minimum Gasteiger partial charge on any atom is -0.397 e. The number of likely N-dealkylation sites (tertiary alicyclic amines) is 1. The van der Waals surface area contributed by atoms with Gasteiger partial charge >= 0.3 is 0 Å². The Balaban J connectivity index is 1.90. The van der Waals surface area contributed by atoms with Crippen LogP contribution in [-0.2, 0) is 0 Å². The molecule has 2 N–H and O–H groups in total. The fraction of sp³-hybridized carbons (Fsp3) is 0.500. The molecule has 20 heavy (non-hydrogen) atoms. The summed E-state index contributed by atoms with van der Waals surface area (Å²) in [6, 6.07) is 1.82. The van der Waals surface area contributed by atoms with Crippen molar-refractivity contribution in [2.24, 2.45) is 5.92 Å². The van der Waals surface area contributed by atoms with Gasteiger partial charge in [-0.15, -0.1) is 16.4 Å². The molecule has 2 aromatic heterocycles. The van der Waals surface area contributed by atoms with Crippen molar-refractivity contribution in [3.8, 4) is 0 Å². The first-order valence-corrected chi connectivity index (χ1v) is 7.81. The molecular formula is C14H18N4OS. The van der Waals surface area contributed by atoms with Crippen molar-refractivity contribution in [2.45, 2.75) is 26.2 Å². The van der Waals surface area contributed by atoms with Crippen molar-refractivity contribution in [3.63, 3.8) is 0 Å². The van der Waals surface area contributed by atoms with Crippen LogP contribution in [0.25, 0.3) is 10.2 Å². The minimum atomic E-state index is 0.0450. The van der Waals surface area contributed by atoms with Gasteiger partial charge in [0.25, 0.3) is 5.91 Å². The molecule has 3 rings (SSSR count). The molecule has 106 valence electrons. The van der Waals surface area contributed by atoms with E-state index in [1.807, 2.05) is 11.0 Å². The summed E-state index contributed by atoms with van der Waals surface area (Å²) in [5.74, 6) is 0.659. The molecule has 1 atom stereocenters. The molecule has 6 heteroatoms. The molecule has 0 radical (unpaired) electrons. The Kier molecular flexibility index (Phi) is 3.56. The van der Waals surface area contributed by atoms with Gasteiger partial charge in [0.05, 0.1) is 11.9 Å². The van der Waals surface area contributed by atoms with E-state index in [9.17, 15) is 4.79 Å². The van der Waals surface area contributed by atoms with Crippen LogP contribution in [-0.4, -0.2) is 34.1 Å². The van der Waals surface area contributed by atoms with Crippen molar-refractivity contribution in [1.29, 1.82) is 0 Å². The van der Waals surface area contributed by atoms with Crippen LogP contribution < -0.4 is 5.73 Å². The van der Waals surface area contributed by atoms with Crippen molar-refractivity contribution < 1.29 is 4.79 Å². The Morgan fingerprint density at radius 2 is 2.45 bits per heavy atom. The number of carbonyl (C=O) groups excluding carboxylic acids is 1. The molecule has 1 amide bonds. The standard InChI is InChI=1S/C14H18N4OS/c1-2-9-4-3-7-18(8-9)14(19)12-11(15)10-5-6-16-17-13(10)20-12/h5-6,9H,2-4,7-8,15H2,1H3. The van der Waals surface area contributed by atoms with E-state index in [1.165, 1.54) is 17.8 Å². The van der Waals surface area contributed by atoms with Gasteiger partial charge < -0.3 is 10.6 Å². The molecular weight excluding hydrogens is 272 g/mol. The van der Waals surface area contributed by atoms with Crippen LogP contribution in [0.5, 0.6) is 0 Å². The first-order chi connectivity index (χ1) is 9.70. The summed E-state index contributed by atoms with van der Waals surface area (Å²) in [7, 11) is 0. The molecule has 0 saturated carbocycles. The van der Waals surface area contributed by atoms with Gasteiger partial charge in [-0.05, 0) is 24.8 Å². The zero-order valence-corrected chi connectivity index (χ0v) is 12.3. The van der Waals surface area contributed by atoms with Crippen molar-refractivity contribution in [2.75, 3.05) is 18.8 Å². The number of amides is 1. The molecule has 1 unspecified atom stereocenters. The number of aromatic nitrogens is 2. The molecule has 1 saturated heterocycles. The number of rotatable bonds is 2. The van der Waals surface area contributed by atoms with Crippen LogP contribution in [0.3, 0.4) is 0 Å². The number of piperidine rings is 1. The summed E-state index contributed by atoms with van der Waals surface area (Å²) >= 11 is 1.34. The first kappa shape index (κ1) is 13.3. The number of fused-ring (bicyclic) bond motifs is 1. The van der Waals surface area contributed by atoms with Crippen LogP contribution in [0.15, 0.2) is 12.3 Å². The third-order valence-electron chi connectivity index (χ3n) is 4.00. The highest BCUT2D eigenvalue weighted by Gasteiger charge is 2.26. The SMILES string of the molecule is CCC1CCCN(C(=O)c2sc3nnccc3c2N)C1. The largest absolute Gasteiger partial charge is 0.397 e. The highest BCUT2D eigenvalue weighted by atomic mass is 32.1. The number of nitrogen functional groups attached to an aromatic ring is 1. The second kappa shape index (κ2) is 5.36. The van der Waals surface area contributed by atoms with E-state index in [4.69, 9.17) is 5.73 Å². The predicted molar refractivity (Wildman–Crippen MR) is 80.7 cm³/mol. The molecule has 1 fully saturated rings. The average molecular weight is 290 g/mol. The van der Waals surface area contributed by atoms with E-state index < -0.39 is 0 Å². The van der Waals surface area contributed by atoms with E-state index in [-0.39, 0.29) is 5.91 Å². The summed E-state index contributed by atoms with van der Waals surface area (Å²) in [5, 5.41) is 8.71. The average Bonchev–Trinajstić information content (AvgIpc) is 2.84. The Bertz CT molecular complexity index is 639. The van der Waals surface area contributed by atoms with Gasteiger partial charge in [-0.2, -0.15) is 5.10 Å². The number of nitrogens with zero attached hydrogens (tertiary/aromatic N) is 3. The molecule has 2 aromatic rings. The highest BCUT2D eigenvalue weighted by molar-refractivity contribution is 7.21. The number of hydrogen-bond donors (Lipinski definition) is 1. The lowest BCUT2D eigenvalue weighted by molar-refractivity contribution is 0.0677. The zero-order chi connectivity index (χ0) is 14.1. The quantitative estimate of drug-likeness (QED) is 0.922. The third kappa shape index (κ3) is 2.24. The first-order valence-electron chi connectivity index (χ1n) is 6.99. The lowest BCUT2D eigenvalue weighted by atomic mass is 9.95. The van der Waals surface area contributed by atoms with Gasteiger partial charge in [0.2, 0.25) is 0 Å². The maximum Gasteiger partial charge on any atom is 0.266 e. The zero-order valence-electron chi connectivity index (χ0n) is 11.5. The number of nitrogens with two attached hydrogens (primary N) is 1. The Hall–Kier alpha value is -1.69. The highest BCUT2D eigenvalue weighted by Crippen LogP contribution is 2.33. The molecule has 0 bridgehead atoms. The summed E-state index contributed by atoms with van der Waals surface area (Å²) in [6.07, 6.45) is 5.02. The summed E-state index contributed by atoms with van der Waals surface area (Å²) in [4.78, 5) is 15.9. The molecule has 0 spiro atoms. The normalized spacial score (nSPS) is 19.4. The fourth-order valence-corrected chi connectivity index (χ4v) is 3.76. The fourth-order valence-electron chi connectivity index (χ4n) is 2.76. The van der Waals surface area contributed by atoms with Crippen LogP contribution in [0.1, 0.15) is 35.9 Å². The molecule has 0 aromatic carbocycles. The Labute approximate surface area is 121 Å². The number of hydrogen-bond acceptors (Lipinski definition) is 5. The maximum absolute atomic E-state index is 12.7. The molecule has 3 heterocycles. The molecule has 0 aliphatic carbocycles. The van der Waals surface area contributed by atoms with Gasteiger partial charge in [0.1, 0.15) is 9.71 Å². The third-order valence-corrected chi connectivity index (χ3v) is 5.09. The lowest BCUT2D eigenvalue weighted by Crippen LogP contribution is -2.39. The topological polar surface area (TPSA) is 72.1 Å². The van der Waals surface area contributed by atoms with Crippen LogP contribution in [0.2, 0.25) is 0 Å². The van der Waals surface area contributed by atoms with E-state index in [2.05, 4.69) is 17.1 Å². The molecule has 1 aliphatic heterocycles. The van der Waals surface area contributed by atoms with Gasteiger partial charge in [-0.25, -0.2) is 0 Å². The summed E-state index contributed by atoms with van der Waals surface area (Å²) in [6.45, 7) is 3.85. The maximum atomic E-state index is 12.7. The Morgan fingerprint density at radius 3 is 3.20 bits per heavy atom.